The van der Waals surface area contributed by atoms with E-state index in [0.717, 1.165) is 0 Å². The standard InChI is InChI=1S/C21H28O3/c1-21(23)18-13-16(14-8-4-2-5-9-14)12-17(19(18)24-20(21)22)15-10-6-3-7-11-15/h12-15,23H,2-11H2,1H3. The lowest BCUT2D eigenvalue weighted by Crippen LogP contribution is -2.29. The zero-order chi connectivity index (χ0) is 16.7. The Labute approximate surface area is 144 Å². The van der Waals surface area contributed by atoms with Crippen LogP contribution in [0.25, 0.3) is 0 Å². The quantitative estimate of drug-likeness (QED) is 0.620. The van der Waals surface area contributed by atoms with Gasteiger partial charge in [0, 0.05) is 5.56 Å². The first-order chi connectivity index (χ1) is 11.6. The summed E-state index contributed by atoms with van der Waals surface area (Å²) in [6.45, 7) is 1.58. The number of aliphatic hydroxyl groups is 1. The molecule has 0 amide bonds. The number of rotatable bonds is 2. The minimum absolute atomic E-state index is 0.470. The van der Waals surface area contributed by atoms with E-state index in [0.29, 0.717) is 23.1 Å². The van der Waals surface area contributed by atoms with Crippen LogP contribution in [0.2, 0.25) is 0 Å². The molecule has 0 saturated heterocycles. The van der Waals surface area contributed by atoms with Gasteiger partial charge in [0.2, 0.25) is 0 Å². The molecule has 1 N–H and O–H groups in total. The highest BCUT2D eigenvalue weighted by Crippen LogP contribution is 2.48. The molecule has 1 unspecified atom stereocenters. The van der Waals surface area contributed by atoms with Gasteiger partial charge in [0.25, 0.3) is 0 Å². The van der Waals surface area contributed by atoms with Crippen LogP contribution in [-0.2, 0) is 10.4 Å². The minimum atomic E-state index is -1.50. The molecule has 0 spiro atoms. The molecule has 0 radical (unpaired) electrons. The molecule has 1 aromatic rings. The predicted molar refractivity (Wildman–Crippen MR) is 93.3 cm³/mol. The van der Waals surface area contributed by atoms with Crippen molar-refractivity contribution < 1.29 is 14.6 Å². The maximum Gasteiger partial charge on any atom is 0.348 e. The first-order valence-electron chi connectivity index (χ1n) is 9.70. The fourth-order valence-electron chi connectivity index (χ4n) is 4.84. The van der Waals surface area contributed by atoms with Crippen molar-refractivity contribution in [3.05, 3.63) is 28.8 Å². The van der Waals surface area contributed by atoms with Crippen molar-refractivity contribution in [2.45, 2.75) is 88.6 Å². The molecule has 1 heterocycles. The van der Waals surface area contributed by atoms with Gasteiger partial charge < -0.3 is 9.84 Å². The van der Waals surface area contributed by atoms with Crippen molar-refractivity contribution in [2.75, 3.05) is 0 Å². The Balaban J connectivity index is 1.79. The summed E-state index contributed by atoms with van der Waals surface area (Å²) in [5.41, 5.74) is 1.70. The summed E-state index contributed by atoms with van der Waals surface area (Å²) in [6.07, 6.45) is 12.5. The van der Waals surface area contributed by atoms with Gasteiger partial charge in [-0.1, -0.05) is 44.6 Å². The van der Waals surface area contributed by atoms with E-state index in [1.165, 1.54) is 75.3 Å². The maximum absolute atomic E-state index is 12.2. The van der Waals surface area contributed by atoms with Crippen molar-refractivity contribution in [1.29, 1.82) is 0 Å². The molecule has 3 aliphatic rings. The Morgan fingerprint density at radius 1 is 0.958 bits per heavy atom. The Hall–Kier alpha value is -1.35. The summed E-state index contributed by atoms with van der Waals surface area (Å²) >= 11 is 0. The molecule has 130 valence electrons. The predicted octanol–water partition coefficient (Wildman–Crippen LogP) is 4.91. The van der Waals surface area contributed by atoms with Crippen molar-refractivity contribution >= 4 is 5.97 Å². The third-order valence-corrected chi connectivity index (χ3v) is 6.38. The Bertz CT molecular complexity index is 635. The van der Waals surface area contributed by atoms with Gasteiger partial charge >= 0.3 is 5.97 Å². The highest BCUT2D eigenvalue weighted by Gasteiger charge is 2.46. The van der Waals surface area contributed by atoms with E-state index in [9.17, 15) is 9.90 Å². The third kappa shape index (κ3) is 2.67. The average molecular weight is 328 g/mol. The topological polar surface area (TPSA) is 46.5 Å². The first kappa shape index (κ1) is 16.1. The zero-order valence-electron chi connectivity index (χ0n) is 14.6. The number of carbonyl (C=O) groups excluding carboxylic acids is 1. The number of hydrogen-bond acceptors (Lipinski definition) is 3. The number of ether oxygens (including phenoxy) is 1. The van der Waals surface area contributed by atoms with Crippen molar-refractivity contribution in [1.82, 2.24) is 0 Å². The highest BCUT2D eigenvalue weighted by molar-refractivity contribution is 5.89. The Kier molecular flexibility index (Phi) is 4.16. The van der Waals surface area contributed by atoms with Gasteiger partial charge in [0.05, 0.1) is 0 Å². The molecular formula is C21H28O3. The normalized spacial score (nSPS) is 28.7. The molecular weight excluding hydrogens is 300 g/mol. The van der Waals surface area contributed by atoms with Crippen LogP contribution in [0.4, 0.5) is 0 Å². The van der Waals surface area contributed by atoms with Crippen LogP contribution in [0.1, 0.15) is 99.7 Å². The van der Waals surface area contributed by atoms with Crippen LogP contribution in [0.15, 0.2) is 12.1 Å². The molecule has 4 rings (SSSR count). The van der Waals surface area contributed by atoms with E-state index >= 15 is 0 Å². The van der Waals surface area contributed by atoms with E-state index in [4.69, 9.17) is 4.74 Å². The van der Waals surface area contributed by atoms with E-state index in [-0.39, 0.29) is 0 Å². The zero-order valence-corrected chi connectivity index (χ0v) is 14.6. The van der Waals surface area contributed by atoms with Gasteiger partial charge in [-0.3, -0.25) is 0 Å². The lowest BCUT2D eigenvalue weighted by molar-refractivity contribution is -0.150. The van der Waals surface area contributed by atoms with Crippen molar-refractivity contribution in [2.24, 2.45) is 0 Å². The third-order valence-electron chi connectivity index (χ3n) is 6.38. The first-order valence-corrected chi connectivity index (χ1v) is 9.70. The number of fused-ring (bicyclic) bond motifs is 1. The number of hydrogen-bond donors (Lipinski definition) is 1. The fraction of sp³-hybridized carbons (Fsp3) is 0.667. The summed E-state index contributed by atoms with van der Waals surface area (Å²) in [5, 5.41) is 10.7. The second-order valence-corrected chi connectivity index (χ2v) is 8.12. The van der Waals surface area contributed by atoms with Crippen LogP contribution < -0.4 is 4.74 Å². The van der Waals surface area contributed by atoms with Crippen LogP contribution in [-0.4, -0.2) is 11.1 Å². The van der Waals surface area contributed by atoms with E-state index in [1.807, 2.05) is 0 Å². The molecule has 3 nitrogen and oxygen atoms in total. The molecule has 1 atom stereocenters. The fourth-order valence-corrected chi connectivity index (χ4v) is 4.84. The van der Waals surface area contributed by atoms with Gasteiger partial charge in [0.15, 0.2) is 5.60 Å². The molecule has 0 aromatic heterocycles. The van der Waals surface area contributed by atoms with Crippen LogP contribution in [0.3, 0.4) is 0 Å². The molecule has 24 heavy (non-hydrogen) atoms. The maximum atomic E-state index is 12.2. The SMILES string of the molecule is CC1(O)C(=O)Oc2c(C3CCCCC3)cc(C3CCCCC3)cc21. The molecule has 2 saturated carbocycles. The smallest absolute Gasteiger partial charge is 0.348 e. The Morgan fingerprint density at radius 3 is 2.17 bits per heavy atom. The summed E-state index contributed by atoms with van der Waals surface area (Å²) in [7, 11) is 0. The van der Waals surface area contributed by atoms with Crippen molar-refractivity contribution in [3.8, 4) is 5.75 Å². The van der Waals surface area contributed by atoms with E-state index in [1.54, 1.807) is 6.92 Å². The second kappa shape index (κ2) is 6.18. The van der Waals surface area contributed by atoms with Crippen LogP contribution in [0, 0.1) is 0 Å². The second-order valence-electron chi connectivity index (χ2n) is 8.12. The van der Waals surface area contributed by atoms with Gasteiger partial charge in [0.1, 0.15) is 5.75 Å². The number of carbonyl (C=O) groups is 1. The lowest BCUT2D eigenvalue weighted by atomic mass is 9.77. The minimum Gasteiger partial charge on any atom is -0.423 e. The van der Waals surface area contributed by atoms with Gasteiger partial charge in [-0.15, -0.1) is 0 Å². The molecule has 1 aromatic carbocycles. The van der Waals surface area contributed by atoms with Crippen LogP contribution >= 0.6 is 0 Å². The van der Waals surface area contributed by atoms with E-state index < -0.39 is 11.6 Å². The van der Waals surface area contributed by atoms with Gasteiger partial charge in [-0.2, -0.15) is 0 Å². The molecule has 1 aliphatic heterocycles. The highest BCUT2D eigenvalue weighted by atomic mass is 16.6. The lowest BCUT2D eigenvalue weighted by Gasteiger charge is -2.27. The average Bonchev–Trinajstić information content (AvgIpc) is 2.85. The monoisotopic (exact) mass is 328 g/mol. The molecule has 2 aliphatic carbocycles. The molecule has 2 fully saturated rings. The summed E-state index contributed by atoms with van der Waals surface area (Å²) in [4.78, 5) is 12.2. The van der Waals surface area contributed by atoms with Gasteiger partial charge in [-0.25, -0.2) is 4.79 Å². The van der Waals surface area contributed by atoms with Crippen LogP contribution in [0.5, 0.6) is 5.75 Å². The molecule has 3 heteroatoms. The largest absolute Gasteiger partial charge is 0.423 e. The Morgan fingerprint density at radius 2 is 1.54 bits per heavy atom. The van der Waals surface area contributed by atoms with Crippen molar-refractivity contribution in [3.63, 3.8) is 0 Å². The summed E-state index contributed by atoms with van der Waals surface area (Å²) < 4.78 is 5.56. The summed E-state index contributed by atoms with van der Waals surface area (Å²) in [5.74, 6) is 1.18. The number of esters is 1. The number of benzene rings is 1. The van der Waals surface area contributed by atoms with E-state index in [2.05, 4.69) is 12.1 Å². The van der Waals surface area contributed by atoms with Gasteiger partial charge in [-0.05, 0) is 61.6 Å². The molecule has 0 bridgehead atoms. The summed E-state index contributed by atoms with van der Waals surface area (Å²) in [6, 6.07) is 4.36.